The van der Waals surface area contributed by atoms with E-state index in [0.29, 0.717) is 0 Å². The number of rotatable bonds is 4. The molecule has 2 nitrogen and oxygen atoms in total. The van der Waals surface area contributed by atoms with Gasteiger partial charge in [0.25, 0.3) is 0 Å². The molecule has 2 heteroatoms. The quantitative estimate of drug-likeness (QED) is 0.776. The minimum atomic E-state index is 0.185. The Morgan fingerprint density at radius 2 is 1.90 bits per heavy atom. The second-order valence-corrected chi connectivity index (χ2v) is 5.24. The number of fused-ring (bicyclic) bond motifs is 1. The average Bonchev–Trinajstić information content (AvgIpc) is 2.56. The van der Waals surface area contributed by atoms with E-state index < -0.39 is 0 Å². The molecular formula is C19H20N2. The summed E-state index contributed by atoms with van der Waals surface area (Å²) in [7, 11) is 2.01. The summed E-state index contributed by atoms with van der Waals surface area (Å²) < 4.78 is 0. The average molecular weight is 276 g/mol. The van der Waals surface area contributed by atoms with Crippen molar-refractivity contribution in [3.63, 3.8) is 0 Å². The molecule has 0 aliphatic carbocycles. The second-order valence-electron chi connectivity index (χ2n) is 5.24. The SMILES string of the molecule is CCc1cccc(C(NC)c2ccnc3ccccc23)c1. The van der Waals surface area contributed by atoms with Crippen molar-refractivity contribution < 1.29 is 0 Å². The second kappa shape index (κ2) is 6.06. The first-order valence-corrected chi connectivity index (χ1v) is 7.43. The Balaban J connectivity index is 2.13. The maximum Gasteiger partial charge on any atom is 0.0705 e. The Morgan fingerprint density at radius 1 is 1.05 bits per heavy atom. The molecule has 1 heterocycles. The fraction of sp³-hybridized carbons (Fsp3) is 0.211. The third-order valence-corrected chi connectivity index (χ3v) is 3.98. The van der Waals surface area contributed by atoms with Gasteiger partial charge >= 0.3 is 0 Å². The fourth-order valence-corrected chi connectivity index (χ4v) is 2.86. The molecule has 0 saturated carbocycles. The fourth-order valence-electron chi connectivity index (χ4n) is 2.86. The van der Waals surface area contributed by atoms with E-state index in [9.17, 15) is 0 Å². The lowest BCUT2D eigenvalue weighted by atomic mass is 9.94. The number of aromatic nitrogens is 1. The molecule has 0 bridgehead atoms. The van der Waals surface area contributed by atoms with Gasteiger partial charge in [-0.2, -0.15) is 0 Å². The van der Waals surface area contributed by atoms with Crippen molar-refractivity contribution in [1.82, 2.24) is 10.3 Å². The molecule has 0 spiro atoms. The van der Waals surface area contributed by atoms with Gasteiger partial charge in [0, 0.05) is 11.6 Å². The molecule has 0 saturated heterocycles. The number of nitrogens with zero attached hydrogens (tertiary/aromatic N) is 1. The van der Waals surface area contributed by atoms with Crippen LogP contribution in [0.5, 0.6) is 0 Å². The molecule has 1 aromatic heterocycles. The van der Waals surface area contributed by atoms with Gasteiger partial charge in [-0.1, -0.05) is 49.4 Å². The van der Waals surface area contributed by atoms with Gasteiger partial charge in [0.2, 0.25) is 0 Å². The van der Waals surface area contributed by atoms with E-state index >= 15 is 0 Å². The molecule has 0 amide bonds. The Labute approximate surface area is 125 Å². The van der Waals surface area contributed by atoms with Gasteiger partial charge in [0.05, 0.1) is 11.6 Å². The number of nitrogens with one attached hydrogen (secondary N) is 1. The number of hydrogen-bond acceptors (Lipinski definition) is 2. The molecule has 0 radical (unpaired) electrons. The smallest absolute Gasteiger partial charge is 0.0705 e. The molecule has 3 rings (SSSR count). The van der Waals surface area contributed by atoms with Crippen LogP contribution in [-0.4, -0.2) is 12.0 Å². The minimum Gasteiger partial charge on any atom is -0.309 e. The van der Waals surface area contributed by atoms with Crippen molar-refractivity contribution in [1.29, 1.82) is 0 Å². The zero-order valence-corrected chi connectivity index (χ0v) is 12.5. The van der Waals surface area contributed by atoms with Crippen LogP contribution in [-0.2, 0) is 6.42 Å². The van der Waals surface area contributed by atoms with Crippen LogP contribution in [0, 0.1) is 0 Å². The molecule has 0 fully saturated rings. The van der Waals surface area contributed by atoms with Gasteiger partial charge in [0.15, 0.2) is 0 Å². The Morgan fingerprint density at radius 3 is 2.71 bits per heavy atom. The molecule has 2 aromatic carbocycles. The van der Waals surface area contributed by atoms with Crippen LogP contribution in [0.25, 0.3) is 10.9 Å². The van der Waals surface area contributed by atoms with Crippen molar-refractivity contribution in [2.24, 2.45) is 0 Å². The van der Waals surface area contributed by atoms with E-state index in [1.807, 2.05) is 19.3 Å². The van der Waals surface area contributed by atoms with Gasteiger partial charge in [-0.15, -0.1) is 0 Å². The van der Waals surface area contributed by atoms with Crippen molar-refractivity contribution in [2.75, 3.05) is 7.05 Å². The summed E-state index contributed by atoms with van der Waals surface area (Å²) in [6.07, 6.45) is 2.95. The zero-order valence-electron chi connectivity index (χ0n) is 12.5. The molecule has 3 aromatic rings. The Bertz CT molecular complexity index is 744. The van der Waals surface area contributed by atoms with Crippen LogP contribution in [0.2, 0.25) is 0 Å². The van der Waals surface area contributed by atoms with Crippen molar-refractivity contribution in [3.8, 4) is 0 Å². The summed E-state index contributed by atoms with van der Waals surface area (Å²) in [5, 5.41) is 4.66. The van der Waals surface area contributed by atoms with E-state index in [1.165, 1.54) is 22.1 Å². The summed E-state index contributed by atoms with van der Waals surface area (Å²) in [5.41, 5.74) is 4.98. The lowest BCUT2D eigenvalue weighted by Gasteiger charge is -2.19. The normalized spacial score (nSPS) is 12.5. The lowest BCUT2D eigenvalue weighted by molar-refractivity contribution is 0.695. The van der Waals surface area contributed by atoms with E-state index in [1.54, 1.807) is 0 Å². The summed E-state index contributed by atoms with van der Waals surface area (Å²) in [5.74, 6) is 0. The van der Waals surface area contributed by atoms with E-state index in [0.717, 1.165) is 11.9 Å². The van der Waals surface area contributed by atoms with Crippen LogP contribution in [0.15, 0.2) is 60.8 Å². The first-order valence-electron chi connectivity index (χ1n) is 7.43. The number of hydrogen-bond donors (Lipinski definition) is 1. The topological polar surface area (TPSA) is 24.9 Å². The monoisotopic (exact) mass is 276 g/mol. The molecular weight excluding hydrogens is 256 g/mol. The van der Waals surface area contributed by atoms with Crippen molar-refractivity contribution in [2.45, 2.75) is 19.4 Å². The summed E-state index contributed by atoms with van der Waals surface area (Å²) >= 11 is 0. The third kappa shape index (κ3) is 2.67. The van der Waals surface area contributed by atoms with Crippen molar-refractivity contribution in [3.05, 3.63) is 77.5 Å². The van der Waals surface area contributed by atoms with Gasteiger partial charge in [-0.05, 0) is 42.3 Å². The zero-order chi connectivity index (χ0) is 14.7. The largest absolute Gasteiger partial charge is 0.309 e. The Kier molecular flexibility index (Phi) is 3.98. The molecule has 1 atom stereocenters. The molecule has 0 aliphatic rings. The number of pyridine rings is 1. The molecule has 106 valence electrons. The Hall–Kier alpha value is -2.19. The maximum atomic E-state index is 4.46. The van der Waals surface area contributed by atoms with E-state index in [4.69, 9.17) is 0 Å². The van der Waals surface area contributed by atoms with E-state index in [2.05, 4.69) is 65.8 Å². The minimum absolute atomic E-state index is 0.185. The van der Waals surface area contributed by atoms with E-state index in [-0.39, 0.29) is 6.04 Å². The van der Waals surface area contributed by atoms with Gasteiger partial charge in [0.1, 0.15) is 0 Å². The summed E-state index contributed by atoms with van der Waals surface area (Å²) in [6.45, 7) is 2.19. The lowest BCUT2D eigenvalue weighted by Crippen LogP contribution is -2.18. The van der Waals surface area contributed by atoms with Gasteiger partial charge < -0.3 is 5.32 Å². The standard InChI is InChI=1S/C19H20N2/c1-3-14-7-6-8-15(13-14)19(20-2)17-11-12-21-18-10-5-4-9-16(17)18/h4-13,19-20H,3H2,1-2H3. The van der Waals surface area contributed by atoms with Gasteiger partial charge in [-0.25, -0.2) is 0 Å². The molecule has 1 unspecified atom stereocenters. The molecule has 1 N–H and O–H groups in total. The van der Waals surface area contributed by atoms with Crippen LogP contribution in [0.3, 0.4) is 0 Å². The highest BCUT2D eigenvalue weighted by Crippen LogP contribution is 2.28. The van der Waals surface area contributed by atoms with Crippen molar-refractivity contribution >= 4 is 10.9 Å². The van der Waals surface area contributed by atoms with Crippen LogP contribution >= 0.6 is 0 Å². The molecule has 0 aliphatic heterocycles. The summed E-state index contributed by atoms with van der Waals surface area (Å²) in [6, 6.07) is 19.4. The highest BCUT2D eigenvalue weighted by atomic mass is 14.9. The third-order valence-electron chi connectivity index (χ3n) is 3.98. The van der Waals surface area contributed by atoms with Gasteiger partial charge in [-0.3, -0.25) is 4.98 Å². The predicted octanol–water partition coefficient (Wildman–Crippen LogP) is 4.11. The van der Waals surface area contributed by atoms with Crippen LogP contribution in [0.4, 0.5) is 0 Å². The number of benzene rings is 2. The number of aryl methyl sites for hydroxylation is 1. The van der Waals surface area contributed by atoms with Crippen LogP contribution < -0.4 is 5.32 Å². The van der Waals surface area contributed by atoms with Crippen LogP contribution in [0.1, 0.15) is 29.7 Å². The highest BCUT2D eigenvalue weighted by Gasteiger charge is 2.15. The predicted molar refractivity (Wildman–Crippen MR) is 88.5 cm³/mol. The summed E-state index contributed by atoms with van der Waals surface area (Å²) in [4.78, 5) is 4.46. The highest BCUT2D eigenvalue weighted by molar-refractivity contribution is 5.82. The maximum absolute atomic E-state index is 4.46. The first kappa shape index (κ1) is 13.8. The first-order chi connectivity index (χ1) is 10.3. The number of para-hydroxylation sites is 1. The molecule has 21 heavy (non-hydrogen) atoms.